The number of hydrogen-bond acceptors (Lipinski definition) is 8. The second kappa shape index (κ2) is 13.7. The third kappa shape index (κ3) is 7.17. The molecule has 41 heavy (non-hydrogen) atoms. The number of ether oxygens (including phenoxy) is 2. The van der Waals surface area contributed by atoms with Crippen LogP contribution in [0.15, 0.2) is 101 Å². The summed E-state index contributed by atoms with van der Waals surface area (Å²) in [4.78, 5) is 38.3. The van der Waals surface area contributed by atoms with Crippen molar-refractivity contribution in [1.82, 2.24) is 5.32 Å². The second-order valence-corrected chi connectivity index (χ2v) is 10.4. The van der Waals surface area contributed by atoms with Gasteiger partial charge in [0.25, 0.3) is 0 Å². The van der Waals surface area contributed by atoms with Gasteiger partial charge in [-0.1, -0.05) is 78.0 Å². The van der Waals surface area contributed by atoms with E-state index in [0.717, 1.165) is 17.3 Å². The van der Waals surface area contributed by atoms with E-state index in [4.69, 9.17) is 21.1 Å². The van der Waals surface area contributed by atoms with E-state index in [-0.39, 0.29) is 23.5 Å². The van der Waals surface area contributed by atoms with Crippen molar-refractivity contribution in [2.45, 2.75) is 19.4 Å². The van der Waals surface area contributed by atoms with Crippen LogP contribution < -0.4 is 10.6 Å². The van der Waals surface area contributed by atoms with E-state index in [0.29, 0.717) is 32.6 Å². The number of thioether (sulfide) groups is 1. The lowest BCUT2D eigenvalue weighted by atomic mass is 9.82. The van der Waals surface area contributed by atoms with E-state index in [2.05, 4.69) is 16.7 Å². The molecule has 0 aromatic heterocycles. The molecule has 1 aliphatic rings. The van der Waals surface area contributed by atoms with E-state index < -0.39 is 23.8 Å². The molecule has 10 heteroatoms. The van der Waals surface area contributed by atoms with Crippen LogP contribution in [0.25, 0.3) is 0 Å². The van der Waals surface area contributed by atoms with Gasteiger partial charge in [0.05, 0.1) is 52.3 Å². The lowest BCUT2D eigenvalue weighted by molar-refractivity contribution is -0.140. The number of para-hydroxylation sites is 1. The third-order valence-corrected chi connectivity index (χ3v) is 7.51. The van der Waals surface area contributed by atoms with E-state index in [9.17, 15) is 19.6 Å². The molecule has 3 aromatic carbocycles. The van der Waals surface area contributed by atoms with Crippen molar-refractivity contribution in [3.05, 3.63) is 122 Å². The fourth-order valence-electron chi connectivity index (χ4n) is 4.29. The van der Waals surface area contributed by atoms with Crippen molar-refractivity contribution in [3.8, 4) is 6.07 Å². The van der Waals surface area contributed by atoms with Gasteiger partial charge in [0, 0.05) is 10.7 Å². The maximum absolute atomic E-state index is 13.4. The molecule has 0 radical (unpaired) electrons. The molecule has 2 N–H and O–H groups in total. The fourth-order valence-corrected chi connectivity index (χ4v) is 5.31. The highest BCUT2D eigenvalue weighted by Crippen LogP contribution is 2.41. The number of carbonyl (C=O) groups is 3. The SMILES string of the molecule is COC(=O)c1ccccc1NC(=O)CSC1=C(C#N)[C@H](c2ccc(Cl)cc2)C(C(=O)OCc2ccccc2)=C(C)N1. The highest BCUT2D eigenvalue weighted by Gasteiger charge is 2.35. The minimum Gasteiger partial charge on any atom is -0.465 e. The number of nitrogens with zero attached hydrogens (tertiary/aromatic N) is 1. The number of carbonyl (C=O) groups excluding carboxylic acids is 3. The van der Waals surface area contributed by atoms with Gasteiger partial charge < -0.3 is 20.1 Å². The standard InChI is InChI=1S/C31H26ClN3O5S/c1-19-27(31(38)40-17-20-8-4-3-5-9-20)28(21-12-14-22(32)15-13-21)24(16-33)29(34-19)41-18-26(36)35-25-11-7-6-10-23(25)30(37)39-2/h3-15,28,34H,17-18H2,1-2H3,(H,35,36)/t28-/m0/s1. The zero-order valence-corrected chi connectivity index (χ0v) is 23.8. The highest BCUT2D eigenvalue weighted by molar-refractivity contribution is 8.03. The van der Waals surface area contributed by atoms with E-state index in [1.807, 2.05) is 30.3 Å². The van der Waals surface area contributed by atoms with Crippen molar-refractivity contribution in [3.63, 3.8) is 0 Å². The number of methoxy groups -OCH3 is 1. The molecule has 1 heterocycles. The maximum atomic E-state index is 13.4. The molecule has 0 saturated carbocycles. The molecule has 0 spiro atoms. The van der Waals surface area contributed by atoms with E-state index in [1.165, 1.54) is 7.11 Å². The summed E-state index contributed by atoms with van der Waals surface area (Å²) in [6, 6.07) is 24.9. The zero-order chi connectivity index (χ0) is 29.4. The van der Waals surface area contributed by atoms with Crippen molar-refractivity contribution < 1.29 is 23.9 Å². The van der Waals surface area contributed by atoms with Gasteiger partial charge in [-0.2, -0.15) is 5.26 Å². The number of nitrogens with one attached hydrogen (secondary N) is 2. The normalized spacial score (nSPS) is 14.5. The van der Waals surface area contributed by atoms with Gasteiger partial charge in [-0.3, -0.25) is 4.79 Å². The Bertz CT molecular complexity index is 1560. The van der Waals surface area contributed by atoms with Gasteiger partial charge in [0.1, 0.15) is 6.61 Å². The van der Waals surface area contributed by atoms with Gasteiger partial charge in [-0.15, -0.1) is 0 Å². The topological polar surface area (TPSA) is 118 Å². The quantitative estimate of drug-likeness (QED) is 0.295. The van der Waals surface area contributed by atoms with Crippen molar-refractivity contribution in [2.75, 3.05) is 18.2 Å². The molecule has 0 unspecified atom stereocenters. The van der Waals surface area contributed by atoms with E-state index >= 15 is 0 Å². The number of dihydropyridines is 1. The first-order chi connectivity index (χ1) is 19.8. The second-order valence-electron chi connectivity index (χ2n) is 8.94. The van der Waals surface area contributed by atoms with Gasteiger partial charge in [0.15, 0.2) is 0 Å². The molecule has 0 fully saturated rings. The Hall–Kier alpha value is -4.52. The van der Waals surface area contributed by atoms with Gasteiger partial charge in [-0.05, 0) is 42.3 Å². The molecule has 1 amide bonds. The molecule has 1 aliphatic heterocycles. The monoisotopic (exact) mass is 587 g/mol. The summed E-state index contributed by atoms with van der Waals surface area (Å²) in [5, 5.41) is 17.1. The average molecular weight is 588 g/mol. The number of halogens is 1. The van der Waals surface area contributed by atoms with Crippen molar-refractivity contribution >= 4 is 46.9 Å². The number of benzene rings is 3. The molecular formula is C31H26ClN3O5S. The van der Waals surface area contributed by atoms with Crippen LogP contribution in [-0.4, -0.2) is 30.7 Å². The smallest absolute Gasteiger partial charge is 0.339 e. The summed E-state index contributed by atoms with van der Waals surface area (Å²) in [6.45, 7) is 1.80. The predicted octanol–water partition coefficient (Wildman–Crippen LogP) is 5.94. The summed E-state index contributed by atoms with van der Waals surface area (Å²) in [7, 11) is 1.26. The molecule has 0 aliphatic carbocycles. The Morgan fingerprint density at radius 3 is 2.37 bits per heavy atom. The Morgan fingerprint density at radius 2 is 1.68 bits per heavy atom. The fraction of sp³-hybridized carbons (Fsp3) is 0.161. The van der Waals surface area contributed by atoms with Crippen LogP contribution in [0.5, 0.6) is 0 Å². The number of allylic oxidation sites excluding steroid dienone is 2. The van der Waals surface area contributed by atoms with Crippen LogP contribution in [0.4, 0.5) is 5.69 Å². The van der Waals surface area contributed by atoms with Crippen molar-refractivity contribution in [2.24, 2.45) is 0 Å². The number of rotatable bonds is 9. The maximum Gasteiger partial charge on any atom is 0.339 e. The molecule has 1 atom stereocenters. The Balaban J connectivity index is 1.58. The highest BCUT2D eigenvalue weighted by atomic mass is 35.5. The number of amides is 1. The summed E-state index contributed by atoms with van der Waals surface area (Å²) in [6.07, 6.45) is 0. The lowest BCUT2D eigenvalue weighted by Crippen LogP contribution is -2.29. The van der Waals surface area contributed by atoms with Crippen LogP contribution >= 0.6 is 23.4 Å². The first kappa shape index (κ1) is 29.5. The minimum absolute atomic E-state index is 0.0720. The first-order valence-corrected chi connectivity index (χ1v) is 13.9. The predicted molar refractivity (Wildman–Crippen MR) is 158 cm³/mol. The molecule has 3 aromatic rings. The van der Waals surface area contributed by atoms with Crippen LogP contribution in [-0.2, 0) is 25.7 Å². The molecule has 8 nitrogen and oxygen atoms in total. The first-order valence-electron chi connectivity index (χ1n) is 12.5. The third-order valence-electron chi connectivity index (χ3n) is 6.24. The molecule has 208 valence electrons. The van der Waals surface area contributed by atoms with Gasteiger partial charge >= 0.3 is 11.9 Å². The zero-order valence-electron chi connectivity index (χ0n) is 22.3. The lowest BCUT2D eigenvalue weighted by Gasteiger charge is -2.29. The number of hydrogen-bond donors (Lipinski definition) is 2. The molecule has 0 bridgehead atoms. The minimum atomic E-state index is -0.743. The van der Waals surface area contributed by atoms with Gasteiger partial charge in [0.2, 0.25) is 5.91 Å². The number of anilines is 1. The molecule has 4 rings (SSSR count). The van der Waals surface area contributed by atoms with Gasteiger partial charge in [-0.25, -0.2) is 9.59 Å². The molecular weight excluding hydrogens is 562 g/mol. The van der Waals surface area contributed by atoms with Crippen molar-refractivity contribution in [1.29, 1.82) is 5.26 Å². The Labute approximate surface area is 247 Å². The van der Waals surface area contributed by atoms with Crippen LogP contribution in [0.2, 0.25) is 5.02 Å². The van der Waals surface area contributed by atoms with Crippen LogP contribution in [0.3, 0.4) is 0 Å². The van der Waals surface area contributed by atoms with Crippen LogP contribution in [0.1, 0.15) is 34.3 Å². The largest absolute Gasteiger partial charge is 0.465 e. The Kier molecular flexibility index (Phi) is 9.85. The summed E-state index contributed by atoms with van der Waals surface area (Å²) >= 11 is 7.23. The summed E-state index contributed by atoms with van der Waals surface area (Å²) in [5.74, 6) is -2.34. The molecule has 0 saturated heterocycles. The average Bonchev–Trinajstić information content (AvgIpc) is 2.99. The van der Waals surface area contributed by atoms with Crippen LogP contribution in [0, 0.1) is 11.3 Å². The van der Waals surface area contributed by atoms with E-state index in [1.54, 1.807) is 55.5 Å². The summed E-state index contributed by atoms with van der Waals surface area (Å²) < 4.78 is 10.4. The number of esters is 2. The number of nitriles is 1. The summed E-state index contributed by atoms with van der Waals surface area (Å²) in [5.41, 5.74) is 3.10. The Morgan fingerprint density at radius 1 is 1.00 bits per heavy atom.